The number of hydroxylamine groups is 1. The third kappa shape index (κ3) is 5.05. The molecule has 31 heavy (non-hydrogen) atoms. The molecule has 1 saturated heterocycles. The summed E-state index contributed by atoms with van der Waals surface area (Å²) in [7, 11) is 0. The maximum Gasteiger partial charge on any atom is 0.274 e. The standard InChI is InChI=1S/C21H21FN6O3/c22-18-13-23-21(25-16-5-7-17(8-6-16)28-9-11-31-12-10-28)26-19(18)24-15-3-1-14(2-4-15)20(29)27-30/h1-8,13,30H,9-12H2,(H,27,29)(H2,23,24,25,26). The second kappa shape index (κ2) is 9.37. The molecule has 0 spiro atoms. The van der Waals surface area contributed by atoms with E-state index in [-0.39, 0.29) is 17.3 Å². The second-order valence-electron chi connectivity index (χ2n) is 6.80. The van der Waals surface area contributed by atoms with Crippen molar-refractivity contribution in [2.45, 2.75) is 0 Å². The number of amides is 1. The van der Waals surface area contributed by atoms with Crippen LogP contribution >= 0.6 is 0 Å². The van der Waals surface area contributed by atoms with E-state index in [0.717, 1.165) is 43.9 Å². The summed E-state index contributed by atoms with van der Waals surface area (Å²) < 4.78 is 19.6. The molecule has 0 bridgehead atoms. The summed E-state index contributed by atoms with van der Waals surface area (Å²) in [5, 5.41) is 14.6. The molecule has 0 unspecified atom stereocenters. The lowest BCUT2D eigenvalue weighted by atomic mass is 10.2. The average molecular weight is 424 g/mol. The molecule has 0 radical (unpaired) electrons. The average Bonchev–Trinajstić information content (AvgIpc) is 2.82. The molecule has 2 heterocycles. The summed E-state index contributed by atoms with van der Waals surface area (Å²) in [6.07, 6.45) is 1.08. The first-order valence-corrected chi connectivity index (χ1v) is 9.66. The number of ether oxygens (including phenoxy) is 1. The molecule has 1 amide bonds. The first-order chi connectivity index (χ1) is 15.1. The number of rotatable bonds is 6. The maximum atomic E-state index is 14.2. The molecular formula is C21H21FN6O3. The Kier molecular flexibility index (Phi) is 6.20. The fourth-order valence-electron chi connectivity index (χ4n) is 3.13. The van der Waals surface area contributed by atoms with Gasteiger partial charge in [-0.25, -0.2) is 14.9 Å². The zero-order valence-corrected chi connectivity index (χ0v) is 16.5. The smallest absolute Gasteiger partial charge is 0.274 e. The van der Waals surface area contributed by atoms with Crippen LogP contribution in [0.15, 0.2) is 54.7 Å². The largest absolute Gasteiger partial charge is 0.378 e. The number of carbonyl (C=O) groups is 1. The Morgan fingerprint density at radius 2 is 1.65 bits per heavy atom. The number of benzene rings is 2. The van der Waals surface area contributed by atoms with Crippen molar-refractivity contribution in [3.8, 4) is 0 Å². The van der Waals surface area contributed by atoms with Crippen molar-refractivity contribution < 1.29 is 19.1 Å². The third-order valence-corrected chi connectivity index (χ3v) is 4.76. The molecule has 4 rings (SSSR count). The van der Waals surface area contributed by atoms with Gasteiger partial charge in [0.05, 0.1) is 19.4 Å². The summed E-state index contributed by atoms with van der Waals surface area (Å²) >= 11 is 0. The van der Waals surface area contributed by atoms with Crippen molar-refractivity contribution in [1.29, 1.82) is 0 Å². The molecule has 1 aromatic heterocycles. The van der Waals surface area contributed by atoms with Gasteiger partial charge in [-0.1, -0.05) is 0 Å². The lowest BCUT2D eigenvalue weighted by Gasteiger charge is -2.28. The normalized spacial score (nSPS) is 13.5. The van der Waals surface area contributed by atoms with Crippen LogP contribution in [0.5, 0.6) is 0 Å². The topological polar surface area (TPSA) is 112 Å². The van der Waals surface area contributed by atoms with Crippen molar-refractivity contribution in [2.75, 3.05) is 41.8 Å². The van der Waals surface area contributed by atoms with Crippen LogP contribution in [0.25, 0.3) is 0 Å². The van der Waals surface area contributed by atoms with Crippen LogP contribution in [-0.2, 0) is 4.74 Å². The molecule has 2 aromatic carbocycles. The molecule has 1 aliphatic rings. The monoisotopic (exact) mass is 424 g/mol. The Balaban J connectivity index is 1.44. The highest BCUT2D eigenvalue weighted by Gasteiger charge is 2.12. The summed E-state index contributed by atoms with van der Waals surface area (Å²) in [6.45, 7) is 3.15. The van der Waals surface area contributed by atoms with Gasteiger partial charge in [0.25, 0.3) is 5.91 Å². The fraction of sp³-hybridized carbons (Fsp3) is 0.190. The van der Waals surface area contributed by atoms with E-state index in [2.05, 4.69) is 25.5 Å². The molecule has 1 aliphatic heterocycles. The molecule has 160 valence electrons. The number of hydrogen-bond acceptors (Lipinski definition) is 8. The Bertz CT molecular complexity index is 1040. The van der Waals surface area contributed by atoms with Crippen LogP contribution in [0, 0.1) is 5.82 Å². The number of morpholine rings is 1. The quantitative estimate of drug-likeness (QED) is 0.353. The molecule has 0 saturated carbocycles. The summed E-state index contributed by atoms with van der Waals surface area (Å²) in [5.74, 6) is -1.03. The van der Waals surface area contributed by atoms with Gasteiger partial charge < -0.3 is 20.3 Å². The Labute approximate surface area is 177 Å². The Morgan fingerprint density at radius 1 is 1.00 bits per heavy atom. The van der Waals surface area contributed by atoms with Crippen molar-refractivity contribution in [3.05, 3.63) is 66.1 Å². The molecule has 10 heteroatoms. The van der Waals surface area contributed by atoms with Crippen LogP contribution in [-0.4, -0.2) is 47.4 Å². The number of anilines is 5. The number of aromatic nitrogens is 2. The summed E-state index contributed by atoms with van der Waals surface area (Å²) in [4.78, 5) is 21.8. The lowest BCUT2D eigenvalue weighted by Crippen LogP contribution is -2.36. The van der Waals surface area contributed by atoms with Crippen LogP contribution in [0.1, 0.15) is 10.4 Å². The predicted molar refractivity (Wildman–Crippen MR) is 114 cm³/mol. The van der Waals surface area contributed by atoms with Crippen LogP contribution in [0.2, 0.25) is 0 Å². The zero-order valence-electron chi connectivity index (χ0n) is 16.5. The van der Waals surface area contributed by atoms with Crippen LogP contribution < -0.4 is 21.0 Å². The third-order valence-electron chi connectivity index (χ3n) is 4.76. The van der Waals surface area contributed by atoms with Gasteiger partial charge in [0, 0.05) is 35.7 Å². The van der Waals surface area contributed by atoms with E-state index in [1.54, 1.807) is 17.6 Å². The minimum absolute atomic E-state index is 0.0122. The molecule has 0 atom stereocenters. The van der Waals surface area contributed by atoms with Crippen LogP contribution in [0.4, 0.5) is 33.2 Å². The first kappa shape index (κ1) is 20.5. The molecule has 4 N–H and O–H groups in total. The maximum absolute atomic E-state index is 14.2. The van der Waals surface area contributed by atoms with Gasteiger partial charge in [-0.05, 0) is 48.5 Å². The van der Waals surface area contributed by atoms with Gasteiger partial charge in [0.15, 0.2) is 11.6 Å². The molecular weight excluding hydrogens is 403 g/mol. The van der Waals surface area contributed by atoms with Gasteiger partial charge in [0.1, 0.15) is 0 Å². The Morgan fingerprint density at radius 3 is 2.32 bits per heavy atom. The van der Waals surface area contributed by atoms with Gasteiger partial charge in [-0.15, -0.1) is 0 Å². The number of nitrogens with one attached hydrogen (secondary N) is 3. The van der Waals surface area contributed by atoms with E-state index in [1.807, 2.05) is 24.3 Å². The predicted octanol–water partition coefficient (Wildman–Crippen LogP) is 3.06. The molecule has 1 fully saturated rings. The lowest BCUT2D eigenvalue weighted by molar-refractivity contribution is 0.0706. The number of nitrogens with zero attached hydrogens (tertiary/aromatic N) is 3. The van der Waals surface area contributed by atoms with Gasteiger partial charge in [-0.2, -0.15) is 4.98 Å². The van der Waals surface area contributed by atoms with E-state index < -0.39 is 11.7 Å². The number of halogens is 1. The highest BCUT2D eigenvalue weighted by Crippen LogP contribution is 2.23. The summed E-state index contributed by atoms with van der Waals surface area (Å²) in [5.41, 5.74) is 4.22. The van der Waals surface area contributed by atoms with Crippen molar-refractivity contribution in [2.24, 2.45) is 0 Å². The number of carbonyl (C=O) groups excluding carboxylic acids is 1. The minimum Gasteiger partial charge on any atom is -0.378 e. The van der Waals surface area contributed by atoms with Crippen molar-refractivity contribution >= 4 is 34.7 Å². The Hall–Kier alpha value is -3.76. The molecule has 0 aliphatic carbocycles. The molecule has 3 aromatic rings. The highest BCUT2D eigenvalue weighted by atomic mass is 19.1. The highest BCUT2D eigenvalue weighted by molar-refractivity contribution is 5.93. The van der Waals surface area contributed by atoms with E-state index in [0.29, 0.717) is 5.69 Å². The number of hydrogen-bond donors (Lipinski definition) is 4. The van der Waals surface area contributed by atoms with E-state index in [1.165, 1.54) is 12.1 Å². The zero-order chi connectivity index (χ0) is 21.6. The van der Waals surface area contributed by atoms with E-state index in [4.69, 9.17) is 9.94 Å². The minimum atomic E-state index is -0.633. The van der Waals surface area contributed by atoms with E-state index in [9.17, 15) is 9.18 Å². The SMILES string of the molecule is O=C(NO)c1ccc(Nc2nc(Nc3ccc(N4CCOCC4)cc3)ncc2F)cc1. The van der Waals surface area contributed by atoms with Gasteiger partial charge >= 0.3 is 0 Å². The van der Waals surface area contributed by atoms with Gasteiger partial charge in [-0.3, -0.25) is 10.0 Å². The van der Waals surface area contributed by atoms with Crippen molar-refractivity contribution in [1.82, 2.24) is 15.4 Å². The first-order valence-electron chi connectivity index (χ1n) is 9.66. The molecule has 9 nitrogen and oxygen atoms in total. The van der Waals surface area contributed by atoms with Crippen LogP contribution in [0.3, 0.4) is 0 Å². The fourth-order valence-corrected chi connectivity index (χ4v) is 3.13. The summed E-state index contributed by atoms with van der Waals surface area (Å²) in [6, 6.07) is 13.9. The second-order valence-corrected chi connectivity index (χ2v) is 6.80. The van der Waals surface area contributed by atoms with Crippen molar-refractivity contribution in [3.63, 3.8) is 0 Å². The van der Waals surface area contributed by atoms with Gasteiger partial charge in [0.2, 0.25) is 5.95 Å². The van der Waals surface area contributed by atoms with E-state index >= 15 is 0 Å².